The van der Waals surface area contributed by atoms with Gasteiger partial charge in [-0.05, 0) is 12.1 Å². The third kappa shape index (κ3) is 2.41. The van der Waals surface area contributed by atoms with Crippen LogP contribution in [0.1, 0.15) is 32.1 Å². The lowest BCUT2D eigenvalue weighted by Gasteiger charge is -2.11. The zero-order valence-electron chi connectivity index (χ0n) is 15.7. The van der Waals surface area contributed by atoms with E-state index in [1.165, 1.54) is 4.68 Å². The van der Waals surface area contributed by atoms with E-state index in [0.717, 1.165) is 5.56 Å². The Kier molecular flexibility index (Phi) is 2.60. The Bertz CT molecular complexity index is 1010. The lowest BCUT2D eigenvalue weighted by molar-refractivity contribution is 0.0920. The van der Waals surface area contributed by atoms with Crippen LogP contribution in [0.15, 0.2) is 35.0 Å². The molecule has 0 aliphatic carbocycles. The van der Waals surface area contributed by atoms with Gasteiger partial charge in [0.1, 0.15) is 18.1 Å². The fraction of sp³-hybridized carbons (Fsp3) is 0.250. The summed E-state index contributed by atoms with van der Waals surface area (Å²) >= 11 is 0. The first-order chi connectivity index (χ1) is 12.8. The van der Waals surface area contributed by atoms with Gasteiger partial charge >= 0.3 is 0 Å². The summed E-state index contributed by atoms with van der Waals surface area (Å²) in [4.78, 5) is 16.3. The Morgan fingerprint density at radius 1 is 1.46 bits per heavy atom. The SMILES string of the molecule is [2H]C([2H])([2H])c1nc(-c2ccc3c(c2)OC[C@H]3NC(=O)c2ccnn2C)no1. The van der Waals surface area contributed by atoms with Crippen LogP contribution in [0.3, 0.4) is 0 Å². The van der Waals surface area contributed by atoms with Gasteiger partial charge in [-0.3, -0.25) is 9.48 Å². The van der Waals surface area contributed by atoms with E-state index in [9.17, 15) is 4.79 Å². The van der Waals surface area contributed by atoms with E-state index in [2.05, 4.69) is 20.6 Å². The summed E-state index contributed by atoms with van der Waals surface area (Å²) in [7, 11) is 1.69. The van der Waals surface area contributed by atoms with Gasteiger partial charge < -0.3 is 14.6 Å². The number of fused-ring (bicyclic) bond motifs is 1. The normalized spacial score (nSPS) is 18.2. The molecule has 1 aromatic carbocycles. The second kappa shape index (κ2) is 5.48. The average Bonchev–Trinajstić information content (AvgIpc) is 3.33. The van der Waals surface area contributed by atoms with Crippen molar-refractivity contribution in [2.75, 3.05) is 6.61 Å². The Hall–Kier alpha value is -3.16. The molecule has 8 heteroatoms. The van der Waals surface area contributed by atoms with Gasteiger partial charge in [-0.1, -0.05) is 17.3 Å². The Morgan fingerprint density at radius 3 is 3.12 bits per heavy atom. The van der Waals surface area contributed by atoms with Gasteiger partial charge in [-0.2, -0.15) is 10.1 Å². The van der Waals surface area contributed by atoms with Crippen molar-refractivity contribution in [1.82, 2.24) is 25.2 Å². The number of aromatic nitrogens is 4. The number of carbonyl (C=O) groups is 1. The van der Waals surface area contributed by atoms with Crippen LogP contribution >= 0.6 is 0 Å². The van der Waals surface area contributed by atoms with Crippen LogP contribution in [-0.4, -0.2) is 32.4 Å². The number of ether oxygens (including phenoxy) is 1. The molecular formula is C16H15N5O3. The van der Waals surface area contributed by atoms with Gasteiger partial charge in [0.25, 0.3) is 5.91 Å². The second-order valence-electron chi connectivity index (χ2n) is 5.35. The summed E-state index contributed by atoms with van der Waals surface area (Å²) in [5, 5.41) is 10.6. The van der Waals surface area contributed by atoms with E-state index in [4.69, 9.17) is 13.4 Å². The number of nitrogens with zero attached hydrogens (tertiary/aromatic N) is 4. The first kappa shape index (κ1) is 11.4. The van der Waals surface area contributed by atoms with Crippen LogP contribution in [0.5, 0.6) is 5.75 Å². The van der Waals surface area contributed by atoms with Crippen molar-refractivity contribution in [1.29, 1.82) is 0 Å². The van der Waals surface area contributed by atoms with Crippen LogP contribution < -0.4 is 10.1 Å². The first-order valence-electron chi connectivity index (χ1n) is 8.73. The maximum Gasteiger partial charge on any atom is 0.270 e. The van der Waals surface area contributed by atoms with E-state index >= 15 is 0 Å². The maximum atomic E-state index is 12.4. The molecule has 1 N–H and O–H groups in total. The molecule has 3 aromatic rings. The molecule has 1 amide bonds. The highest BCUT2D eigenvalue weighted by atomic mass is 16.5. The number of hydrogen-bond donors (Lipinski definition) is 1. The van der Waals surface area contributed by atoms with Gasteiger partial charge in [-0.15, -0.1) is 0 Å². The topological polar surface area (TPSA) is 95.1 Å². The molecule has 2 aromatic heterocycles. The standard InChI is InChI=1S/C16H15N5O3/c1-9-18-15(20-24-9)10-3-4-11-12(8-23-14(11)7-10)19-16(22)13-5-6-17-21(13)2/h3-7,12H,8H2,1-2H3,(H,19,22)/t12-/m1/s1/i1D3. The van der Waals surface area contributed by atoms with Gasteiger partial charge in [0.05, 0.1) is 6.04 Å². The van der Waals surface area contributed by atoms with Crippen molar-refractivity contribution in [3.05, 3.63) is 47.6 Å². The molecule has 0 radical (unpaired) electrons. The van der Waals surface area contributed by atoms with Crippen molar-refractivity contribution in [3.8, 4) is 17.1 Å². The summed E-state index contributed by atoms with van der Waals surface area (Å²) in [5.74, 6) is 0.0687. The molecule has 0 saturated heterocycles. The zero-order chi connectivity index (χ0) is 19.2. The number of hydrogen-bond acceptors (Lipinski definition) is 6. The highest BCUT2D eigenvalue weighted by Gasteiger charge is 2.27. The van der Waals surface area contributed by atoms with Crippen LogP contribution in [0.4, 0.5) is 0 Å². The lowest BCUT2D eigenvalue weighted by Crippen LogP contribution is -2.30. The number of rotatable bonds is 3. The number of nitrogens with one attached hydrogen (secondary N) is 1. The summed E-state index contributed by atoms with van der Waals surface area (Å²) in [6.45, 7) is -2.17. The predicted molar refractivity (Wildman–Crippen MR) is 83.4 cm³/mol. The Labute approximate surface area is 141 Å². The van der Waals surface area contributed by atoms with Crippen molar-refractivity contribution in [2.24, 2.45) is 7.05 Å². The Balaban J connectivity index is 1.55. The van der Waals surface area contributed by atoms with Crippen LogP contribution in [0.25, 0.3) is 11.4 Å². The molecule has 0 fully saturated rings. The van der Waals surface area contributed by atoms with E-state index in [0.29, 0.717) is 17.0 Å². The monoisotopic (exact) mass is 328 g/mol. The van der Waals surface area contributed by atoms with Gasteiger partial charge in [0.15, 0.2) is 0 Å². The molecule has 0 bridgehead atoms. The molecule has 0 spiro atoms. The van der Waals surface area contributed by atoms with Gasteiger partial charge in [0.2, 0.25) is 11.7 Å². The van der Waals surface area contributed by atoms with Gasteiger partial charge in [-0.25, -0.2) is 0 Å². The fourth-order valence-electron chi connectivity index (χ4n) is 2.64. The van der Waals surface area contributed by atoms with E-state index in [-0.39, 0.29) is 24.4 Å². The summed E-state index contributed by atoms with van der Waals surface area (Å²) < 4.78 is 33.9. The van der Waals surface area contributed by atoms with E-state index in [1.54, 1.807) is 37.5 Å². The molecule has 0 saturated carbocycles. The number of aryl methyl sites for hydroxylation is 2. The Morgan fingerprint density at radius 2 is 2.38 bits per heavy atom. The minimum Gasteiger partial charge on any atom is -0.491 e. The zero-order valence-corrected chi connectivity index (χ0v) is 12.7. The van der Waals surface area contributed by atoms with Crippen LogP contribution in [0, 0.1) is 6.85 Å². The molecule has 1 atom stereocenters. The van der Waals surface area contributed by atoms with Crippen LogP contribution in [0.2, 0.25) is 0 Å². The molecular weight excluding hydrogens is 310 g/mol. The summed E-state index contributed by atoms with van der Waals surface area (Å²) in [6.07, 6.45) is 1.55. The quantitative estimate of drug-likeness (QED) is 0.785. The van der Waals surface area contributed by atoms with Crippen LogP contribution in [-0.2, 0) is 7.05 Å². The average molecular weight is 328 g/mol. The second-order valence-corrected chi connectivity index (χ2v) is 5.35. The molecule has 1 aliphatic heterocycles. The molecule has 4 rings (SSSR count). The lowest BCUT2D eigenvalue weighted by atomic mass is 10.1. The summed E-state index contributed by atoms with van der Waals surface area (Å²) in [5.41, 5.74) is 1.82. The molecule has 3 heterocycles. The minimum absolute atomic E-state index is 0.162. The highest BCUT2D eigenvalue weighted by Crippen LogP contribution is 2.35. The molecule has 122 valence electrons. The van der Waals surface area contributed by atoms with Crippen molar-refractivity contribution in [2.45, 2.75) is 12.9 Å². The highest BCUT2D eigenvalue weighted by molar-refractivity contribution is 5.92. The maximum absolute atomic E-state index is 12.4. The third-order valence-corrected chi connectivity index (χ3v) is 3.84. The fourth-order valence-corrected chi connectivity index (χ4v) is 2.64. The number of benzene rings is 1. The van der Waals surface area contributed by atoms with Crippen molar-refractivity contribution in [3.63, 3.8) is 0 Å². The number of amides is 1. The van der Waals surface area contributed by atoms with Gasteiger partial charge in [0, 0.05) is 35.3 Å². The van der Waals surface area contributed by atoms with Crippen molar-refractivity contribution >= 4 is 5.91 Å². The predicted octanol–water partition coefficient (Wildman–Crippen LogP) is 1.64. The van der Waals surface area contributed by atoms with E-state index in [1.807, 2.05) is 0 Å². The van der Waals surface area contributed by atoms with E-state index < -0.39 is 12.7 Å². The molecule has 24 heavy (non-hydrogen) atoms. The first-order valence-corrected chi connectivity index (χ1v) is 7.23. The largest absolute Gasteiger partial charge is 0.491 e. The van der Waals surface area contributed by atoms with Crippen molar-refractivity contribution < 1.29 is 18.2 Å². The smallest absolute Gasteiger partial charge is 0.270 e. The number of carbonyl (C=O) groups excluding carboxylic acids is 1. The molecule has 8 nitrogen and oxygen atoms in total. The third-order valence-electron chi connectivity index (χ3n) is 3.84. The molecule has 1 aliphatic rings. The minimum atomic E-state index is -2.46. The summed E-state index contributed by atoms with van der Waals surface area (Å²) in [6, 6.07) is 6.54. The molecule has 0 unspecified atom stereocenters.